The monoisotopic (exact) mass is 599 g/mol. The van der Waals surface area contributed by atoms with E-state index >= 15 is 0 Å². The second-order valence-electron chi connectivity index (χ2n) is 11.3. The summed E-state index contributed by atoms with van der Waals surface area (Å²) in [5.74, 6) is 0. The van der Waals surface area contributed by atoms with Crippen LogP contribution in [0.2, 0.25) is 0 Å². The molecule has 0 spiro atoms. The van der Waals surface area contributed by atoms with Crippen molar-refractivity contribution in [1.82, 2.24) is 14.5 Å². The summed E-state index contributed by atoms with van der Waals surface area (Å²) in [6, 6.07) is 49.7. The lowest BCUT2D eigenvalue weighted by atomic mass is 9.99. The summed E-state index contributed by atoms with van der Waals surface area (Å²) in [5, 5.41) is 11.7. The zero-order valence-electron chi connectivity index (χ0n) is 25.2. The molecule has 0 aliphatic heterocycles. The van der Waals surface area contributed by atoms with E-state index in [9.17, 15) is 5.26 Å². The lowest BCUT2D eigenvalue weighted by Crippen LogP contribution is -1.94. The Morgan fingerprint density at radius 3 is 1.68 bits per heavy atom. The van der Waals surface area contributed by atoms with Gasteiger partial charge >= 0.3 is 0 Å². The van der Waals surface area contributed by atoms with E-state index in [4.69, 9.17) is 6.57 Å². The van der Waals surface area contributed by atoms with E-state index in [2.05, 4.69) is 110 Å². The van der Waals surface area contributed by atoms with Crippen molar-refractivity contribution in [2.75, 3.05) is 0 Å². The Bertz CT molecular complexity index is 2390. The van der Waals surface area contributed by atoms with Crippen LogP contribution in [0.3, 0.4) is 0 Å². The van der Waals surface area contributed by atoms with Gasteiger partial charge in [-0.15, -0.1) is 0 Å². The third-order valence-corrected chi connectivity index (χ3v) is 8.53. The zero-order chi connectivity index (χ0) is 31.7. The lowest BCUT2D eigenvalue weighted by molar-refractivity contribution is 1.18. The maximum absolute atomic E-state index is 9.39. The molecule has 0 unspecified atom stereocenters. The van der Waals surface area contributed by atoms with Gasteiger partial charge in [-0.1, -0.05) is 78.9 Å². The van der Waals surface area contributed by atoms with Crippen molar-refractivity contribution in [3.8, 4) is 56.5 Å². The number of nitriles is 1. The normalized spacial score (nSPS) is 10.9. The van der Waals surface area contributed by atoms with Crippen LogP contribution < -0.4 is 0 Å². The molecular formula is C42H25N5. The highest BCUT2D eigenvalue weighted by molar-refractivity contribution is 6.11. The minimum atomic E-state index is 0.574. The van der Waals surface area contributed by atoms with Crippen molar-refractivity contribution < 1.29 is 0 Å². The first-order valence-corrected chi connectivity index (χ1v) is 15.2. The van der Waals surface area contributed by atoms with Crippen LogP contribution in [0, 0.1) is 17.9 Å². The molecular weight excluding hydrogens is 574 g/mol. The summed E-state index contributed by atoms with van der Waals surface area (Å²) >= 11 is 0. The van der Waals surface area contributed by atoms with E-state index in [-0.39, 0.29) is 0 Å². The van der Waals surface area contributed by atoms with Gasteiger partial charge < -0.3 is 4.57 Å². The van der Waals surface area contributed by atoms with E-state index in [0.29, 0.717) is 11.3 Å². The molecule has 3 aromatic heterocycles. The summed E-state index contributed by atoms with van der Waals surface area (Å²) in [5.41, 5.74) is 12.3. The number of para-hydroxylation sites is 1. The van der Waals surface area contributed by atoms with Gasteiger partial charge in [0.05, 0.1) is 40.6 Å². The molecule has 0 aliphatic carbocycles. The fourth-order valence-electron chi connectivity index (χ4n) is 6.25. The van der Waals surface area contributed by atoms with Crippen LogP contribution >= 0.6 is 0 Å². The van der Waals surface area contributed by atoms with Gasteiger partial charge in [-0.05, 0) is 88.5 Å². The number of fused-ring (bicyclic) bond motifs is 3. The highest BCUT2D eigenvalue weighted by Gasteiger charge is 2.15. The summed E-state index contributed by atoms with van der Waals surface area (Å²) in [6.45, 7) is 7.40. The quantitative estimate of drug-likeness (QED) is 0.185. The predicted octanol–water partition coefficient (Wildman–Crippen LogP) is 10.7. The van der Waals surface area contributed by atoms with Gasteiger partial charge in [0.15, 0.2) is 5.69 Å². The number of rotatable bonds is 5. The average molecular weight is 600 g/mol. The Morgan fingerprint density at radius 1 is 0.532 bits per heavy atom. The molecule has 8 aromatic rings. The molecule has 0 bridgehead atoms. The Kier molecular flexibility index (Phi) is 6.84. The predicted molar refractivity (Wildman–Crippen MR) is 189 cm³/mol. The Labute approximate surface area is 272 Å². The first-order valence-electron chi connectivity index (χ1n) is 15.2. The van der Waals surface area contributed by atoms with Crippen LogP contribution in [-0.2, 0) is 0 Å². The molecule has 5 aromatic carbocycles. The van der Waals surface area contributed by atoms with Gasteiger partial charge in [0.1, 0.15) is 0 Å². The van der Waals surface area contributed by atoms with Gasteiger partial charge in [0.2, 0.25) is 0 Å². The molecule has 0 N–H and O–H groups in total. The van der Waals surface area contributed by atoms with Crippen LogP contribution in [0.1, 0.15) is 5.56 Å². The molecule has 47 heavy (non-hydrogen) atoms. The molecule has 218 valence electrons. The van der Waals surface area contributed by atoms with Crippen molar-refractivity contribution in [1.29, 1.82) is 5.26 Å². The molecule has 0 radical (unpaired) electrons. The van der Waals surface area contributed by atoms with Crippen molar-refractivity contribution >= 4 is 27.5 Å². The molecule has 0 aliphatic rings. The van der Waals surface area contributed by atoms with Gasteiger partial charge in [0.25, 0.3) is 0 Å². The Balaban J connectivity index is 1.28. The number of hydrogen-bond donors (Lipinski definition) is 0. The third-order valence-electron chi connectivity index (χ3n) is 8.53. The van der Waals surface area contributed by atoms with E-state index in [0.717, 1.165) is 61.5 Å². The molecule has 5 nitrogen and oxygen atoms in total. The molecule has 3 heterocycles. The Morgan fingerprint density at radius 2 is 1.09 bits per heavy atom. The smallest absolute Gasteiger partial charge is 0.190 e. The second-order valence-corrected chi connectivity index (χ2v) is 11.3. The van der Waals surface area contributed by atoms with Crippen LogP contribution in [0.15, 0.2) is 152 Å². The number of benzene rings is 5. The number of hydrogen-bond acceptors (Lipinski definition) is 3. The van der Waals surface area contributed by atoms with E-state index in [1.807, 2.05) is 42.5 Å². The number of nitrogens with zero attached hydrogens (tertiary/aromatic N) is 5. The van der Waals surface area contributed by atoms with Gasteiger partial charge in [-0.25, -0.2) is 4.85 Å². The van der Waals surface area contributed by atoms with Gasteiger partial charge in [-0.3, -0.25) is 9.97 Å². The molecule has 5 heteroatoms. The Hall–Kier alpha value is -6.82. The minimum Gasteiger partial charge on any atom is -0.309 e. The van der Waals surface area contributed by atoms with Crippen molar-refractivity contribution in [2.45, 2.75) is 0 Å². The van der Waals surface area contributed by atoms with E-state index < -0.39 is 0 Å². The second kappa shape index (κ2) is 11.6. The summed E-state index contributed by atoms with van der Waals surface area (Å²) in [7, 11) is 0. The first-order chi connectivity index (χ1) is 23.2. The van der Waals surface area contributed by atoms with Crippen LogP contribution in [-0.4, -0.2) is 14.5 Å². The zero-order valence-corrected chi connectivity index (χ0v) is 25.2. The molecule has 0 amide bonds. The largest absolute Gasteiger partial charge is 0.309 e. The third kappa shape index (κ3) is 5.09. The maximum atomic E-state index is 9.39. The highest BCUT2D eigenvalue weighted by Crippen LogP contribution is 2.38. The summed E-state index contributed by atoms with van der Waals surface area (Å²) in [6.07, 6.45) is 3.37. The average Bonchev–Trinajstić information content (AvgIpc) is 3.48. The summed E-state index contributed by atoms with van der Waals surface area (Å²) in [4.78, 5) is 12.6. The minimum absolute atomic E-state index is 0.574. The van der Waals surface area contributed by atoms with Gasteiger partial charge in [-0.2, -0.15) is 5.26 Å². The topological polar surface area (TPSA) is 58.9 Å². The first kappa shape index (κ1) is 27.7. The molecule has 0 saturated carbocycles. The van der Waals surface area contributed by atoms with Crippen molar-refractivity contribution in [3.63, 3.8) is 0 Å². The maximum Gasteiger partial charge on any atom is 0.190 e. The number of aromatic nitrogens is 3. The summed E-state index contributed by atoms with van der Waals surface area (Å²) < 4.78 is 2.34. The van der Waals surface area contributed by atoms with Crippen LogP contribution in [0.25, 0.3) is 77.1 Å². The van der Waals surface area contributed by atoms with Crippen molar-refractivity contribution in [2.24, 2.45) is 0 Å². The van der Waals surface area contributed by atoms with Crippen LogP contribution in [0.5, 0.6) is 0 Å². The molecule has 0 saturated heterocycles. The highest BCUT2D eigenvalue weighted by atomic mass is 15.0. The van der Waals surface area contributed by atoms with Gasteiger partial charge in [0, 0.05) is 34.4 Å². The van der Waals surface area contributed by atoms with Crippen LogP contribution in [0.4, 0.5) is 5.69 Å². The standard InChI is InChI=1S/C42H25N5/c1-44-35-18-20-46-40(26-35)34-10-6-8-30(23-34)32-14-16-38-37-15-13-31(24-41(37)47(42(38)25-32)36-11-3-2-4-12-36)29-7-5-9-33(22-29)39-21-28(27-43)17-19-45-39/h2-26H. The van der Waals surface area contributed by atoms with E-state index in [1.165, 1.54) is 10.8 Å². The molecule has 8 rings (SSSR count). The fourth-order valence-corrected chi connectivity index (χ4v) is 6.25. The fraction of sp³-hybridized carbons (Fsp3) is 0. The molecule has 0 atom stereocenters. The molecule has 0 fully saturated rings. The SMILES string of the molecule is [C-]#[N+]c1ccnc(-c2cccc(-c3ccc4c5ccc(-c6cccc(-c7cc(C#N)ccn7)c6)cc5n(-c5ccccc5)c4c3)c2)c1. The van der Waals surface area contributed by atoms with E-state index in [1.54, 1.807) is 24.5 Å². The number of pyridine rings is 2. The van der Waals surface area contributed by atoms with Crippen molar-refractivity contribution in [3.05, 3.63) is 169 Å². The lowest BCUT2D eigenvalue weighted by Gasteiger charge is -2.11.